The number of nitrogens with zero attached hydrogens (tertiary/aromatic N) is 1. The average Bonchev–Trinajstić information content (AvgIpc) is 2.64. The molecule has 2 rings (SSSR count). The monoisotopic (exact) mass is 207 g/mol. The second-order valence-electron chi connectivity index (χ2n) is 3.93. The summed E-state index contributed by atoms with van der Waals surface area (Å²) in [4.78, 5) is 2.22. The lowest BCUT2D eigenvalue weighted by atomic mass is 10.1. The number of methoxy groups -OCH3 is 1. The fourth-order valence-corrected chi connectivity index (χ4v) is 1.93. The number of hydrogen-bond acceptors (Lipinski definition) is 3. The molecule has 1 heterocycles. The van der Waals surface area contributed by atoms with Crippen LogP contribution in [0.3, 0.4) is 0 Å². The fourth-order valence-electron chi connectivity index (χ4n) is 1.93. The summed E-state index contributed by atoms with van der Waals surface area (Å²) in [6.45, 7) is 3.90. The SMILES string of the molecule is COc1ccc(C2OCCN2C)c(C)c1. The van der Waals surface area contributed by atoms with Crippen molar-refractivity contribution in [2.24, 2.45) is 0 Å². The molecule has 0 aromatic heterocycles. The van der Waals surface area contributed by atoms with Crippen molar-refractivity contribution >= 4 is 0 Å². The van der Waals surface area contributed by atoms with Gasteiger partial charge in [-0.2, -0.15) is 0 Å². The van der Waals surface area contributed by atoms with Crippen LogP contribution in [-0.2, 0) is 4.74 Å². The molecular weight excluding hydrogens is 190 g/mol. The number of ether oxygens (including phenoxy) is 2. The summed E-state index contributed by atoms with van der Waals surface area (Å²) in [5.41, 5.74) is 2.45. The van der Waals surface area contributed by atoms with Crippen molar-refractivity contribution in [3.8, 4) is 5.75 Å². The standard InChI is InChI=1S/C12H17NO2/c1-9-8-10(14-3)4-5-11(9)12-13(2)6-7-15-12/h4-5,8,12H,6-7H2,1-3H3. The maximum Gasteiger partial charge on any atom is 0.136 e. The smallest absolute Gasteiger partial charge is 0.136 e. The molecule has 0 spiro atoms. The first-order chi connectivity index (χ1) is 7.22. The van der Waals surface area contributed by atoms with Gasteiger partial charge in [-0.15, -0.1) is 0 Å². The molecule has 1 fully saturated rings. The molecule has 82 valence electrons. The molecular formula is C12H17NO2. The van der Waals surface area contributed by atoms with Gasteiger partial charge in [-0.3, -0.25) is 4.90 Å². The van der Waals surface area contributed by atoms with E-state index in [2.05, 4.69) is 24.9 Å². The van der Waals surface area contributed by atoms with Crippen molar-refractivity contribution in [2.45, 2.75) is 13.2 Å². The summed E-state index contributed by atoms with van der Waals surface area (Å²) in [6.07, 6.45) is 0.107. The first kappa shape index (κ1) is 10.5. The van der Waals surface area contributed by atoms with E-state index < -0.39 is 0 Å². The Bertz CT molecular complexity index is 351. The summed E-state index contributed by atoms with van der Waals surface area (Å²) in [5.74, 6) is 0.900. The van der Waals surface area contributed by atoms with Gasteiger partial charge in [0, 0.05) is 6.54 Å². The molecule has 3 nitrogen and oxygen atoms in total. The second kappa shape index (κ2) is 4.21. The number of rotatable bonds is 2. The van der Waals surface area contributed by atoms with Crippen LogP contribution in [0.1, 0.15) is 17.4 Å². The Morgan fingerprint density at radius 2 is 2.27 bits per heavy atom. The minimum atomic E-state index is 0.107. The second-order valence-corrected chi connectivity index (χ2v) is 3.93. The Balaban J connectivity index is 2.28. The molecule has 0 amide bonds. The third-order valence-electron chi connectivity index (χ3n) is 2.86. The lowest BCUT2D eigenvalue weighted by Gasteiger charge is -2.20. The van der Waals surface area contributed by atoms with Crippen LogP contribution < -0.4 is 4.74 Å². The van der Waals surface area contributed by atoms with E-state index in [1.807, 2.05) is 12.1 Å². The van der Waals surface area contributed by atoms with Crippen LogP contribution in [0.2, 0.25) is 0 Å². The van der Waals surface area contributed by atoms with E-state index in [1.54, 1.807) is 7.11 Å². The number of hydrogen-bond donors (Lipinski definition) is 0. The summed E-state index contributed by atoms with van der Waals surface area (Å²) >= 11 is 0. The predicted molar refractivity (Wildman–Crippen MR) is 59.1 cm³/mol. The fraction of sp³-hybridized carbons (Fsp3) is 0.500. The van der Waals surface area contributed by atoms with Gasteiger partial charge in [0.15, 0.2) is 0 Å². The highest BCUT2D eigenvalue weighted by Gasteiger charge is 2.24. The number of likely N-dealkylation sites (N-methyl/N-ethyl adjacent to an activating group) is 1. The number of benzene rings is 1. The Labute approximate surface area is 90.6 Å². The van der Waals surface area contributed by atoms with Crippen LogP contribution in [-0.4, -0.2) is 32.2 Å². The average molecular weight is 207 g/mol. The Morgan fingerprint density at radius 1 is 1.47 bits per heavy atom. The van der Waals surface area contributed by atoms with E-state index in [-0.39, 0.29) is 6.23 Å². The van der Waals surface area contributed by atoms with Crippen molar-refractivity contribution in [1.29, 1.82) is 0 Å². The van der Waals surface area contributed by atoms with Gasteiger partial charge in [0.2, 0.25) is 0 Å². The summed E-state index contributed by atoms with van der Waals surface area (Å²) in [7, 11) is 3.77. The molecule has 0 radical (unpaired) electrons. The molecule has 1 unspecified atom stereocenters. The largest absolute Gasteiger partial charge is 0.497 e. The third kappa shape index (κ3) is 1.98. The number of aryl methyl sites for hydroxylation is 1. The molecule has 1 saturated heterocycles. The van der Waals surface area contributed by atoms with Crippen molar-refractivity contribution in [1.82, 2.24) is 4.90 Å². The minimum Gasteiger partial charge on any atom is -0.497 e. The third-order valence-corrected chi connectivity index (χ3v) is 2.86. The van der Waals surface area contributed by atoms with Crippen molar-refractivity contribution < 1.29 is 9.47 Å². The van der Waals surface area contributed by atoms with E-state index in [1.165, 1.54) is 11.1 Å². The molecule has 1 aliphatic heterocycles. The van der Waals surface area contributed by atoms with E-state index >= 15 is 0 Å². The van der Waals surface area contributed by atoms with Crippen molar-refractivity contribution in [3.63, 3.8) is 0 Å². The van der Waals surface area contributed by atoms with Crippen molar-refractivity contribution in [3.05, 3.63) is 29.3 Å². The van der Waals surface area contributed by atoms with E-state index in [9.17, 15) is 0 Å². The quantitative estimate of drug-likeness (QED) is 0.740. The Kier molecular flexibility index (Phi) is 2.93. The molecule has 1 aliphatic rings. The Morgan fingerprint density at radius 3 is 2.80 bits per heavy atom. The predicted octanol–water partition coefficient (Wildman–Crippen LogP) is 1.96. The molecule has 0 saturated carbocycles. The van der Waals surface area contributed by atoms with Gasteiger partial charge in [-0.05, 0) is 37.2 Å². The molecule has 1 atom stereocenters. The van der Waals surface area contributed by atoms with Gasteiger partial charge < -0.3 is 9.47 Å². The van der Waals surface area contributed by atoms with Crippen LogP contribution in [0.4, 0.5) is 0 Å². The van der Waals surface area contributed by atoms with Crippen LogP contribution >= 0.6 is 0 Å². The zero-order valence-corrected chi connectivity index (χ0v) is 9.49. The highest BCUT2D eigenvalue weighted by molar-refractivity contribution is 5.36. The molecule has 1 aromatic carbocycles. The lowest BCUT2D eigenvalue weighted by molar-refractivity contribution is 0.0448. The zero-order chi connectivity index (χ0) is 10.8. The van der Waals surface area contributed by atoms with E-state index in [0.717, 1.165) is 18.9 Å². The van der Waals surface area contributed by atoms with E-state index in [0.29, 0.717) is 0 Å². The van der Waals surface area contributed by atoms with Gasteiger partial charge in [0.1, 0.15) is 12.0 Å². The van der Waals surface area contributed by atoms with E-state index in [4.69, 9.17) is 9.47 Å². The van der Waals surface area contributed by atoms with Crippen LogP contribution in [0.15, 0.2) is 18.2 Å². The molecule has 0 bridgehead atoms. The minimum absolute atomic E-state index is 0.107. The van der Waals surface area contributed by atoms with Crippen LogP contribution in [0.25, 0.3) is 0 Å². The topological polar surface area (TPSA) is 21.7 Å². The molecule has 3 heteroatoms. The summed E-state index contributed by atoms with van der Waals surface area (Å²) in [6, 6.07) is 6.11. The summed E-state index contributed by atoms with van der Waals surface area (Å²) in [5, 5.41) is 0. The van der Waals surface area contributed by atoms with Gasteiger partial charge in [-0.1, -0.05) is 6.07 Å². The molecule has 1 aromatic rings. The zero-order valence-electron chi connectivity index (χ0n) is 9.49. The first-order valence-electron chi connectivity index (χ1n) is 5.19. The van der Waals surface area contributed by atoms with Crippen LogP contribution in [0, 0.1) is 6.92 Å². The van der Waals surface area contributed by atoms with Gasteiger partial charge in [0.05, 0.1) is 13.7 Å². The van der Waals surface area contributed by atoms with Crippen LogP contribution in [0.5, 0.6) is 5.75 Å². The molecule has 0 aliphatic carbocycles. The highest BCUT2D eigenvalue weighted by Crippen LogP contribution is 2.29. The molecule has 0 N–H and O–H groups in total. The normalized spacial score (nSPS) is 21.9. The first-order valence-corrected chi connectivity index (χ1v) is 5.19. The van der Waals surface area contributed by atoms with Crippen molar-refractivity contribution in [2.75, 3.05) is 27.3 Å². The van der Waals surface area contributed by atoms with Gasteiger partial charge in [0.25, 0.3) is 0 Å². The summed E-state index contributed by atoms with van der Waals surface area (Å²) < 4.78 is 10.9. The van der Waals surface area contributed by atoms with Gasteiger partial charge >= 0.3 is 0 Å². The lowest BCUT2D eigenvalue weighted by Crippen LogP contribution is -2.19. The maximum atomic E-state index is 5.69. The Hall–Kier alpha value is -1.06. The highest BCUT2D eigenvalue weighted by atomic mass is 16.5. The van der Waals surface area contributed by atoms with Gasteiger partial charge in [-0.25, -0.2) is 0 Å². The molecule has 15 heavy (non-hydrogen) atoms. The maximum absolute atomic E-state index is 5.69.